The first kappa shape index (κ1) is 17.6. The molecule has 25 heavy (non-hydrogen) atoms. The van der Waals surface area contributed by atoms with Crippen LogP contribution in [0.25, 0.3) is 0 Å². The smallest absolute Gasteiger partial charge is 0.287 e. The lowest BCUT2D eigenvalue weighted by atomic mass is 10.1. The maximum atomic E-state index is 13.0. The third-order valence-corrected chi connectivity index (χ3v) is 4.28. The fourth-order valence-corrected chi connectivity index (χ4v) is 2.85. The van der Waals surface area contributed by atoms with Crippen LogP contribution in [0.3, 0.4) is 0 Å². The number of nitrogens with one attached hydrogen (secondary N) is 1. The quantitative estimate of drug-likeness (QED) is 0.840. The number of carbonyl (C=O) groups excluding carboxylic acids is 2. The Morgan fingerprint density at radius 3 is 2.68 bits per heavy atom. The molecule has 1 atom stereocenters. The number of hydrogen-bond acceptors (Lipinski definition) is 4. The Labute approximate surface area is 152 Å². The van der Waals surface area contributed by atoms with E-state index in [0.717, 1.165) is 5.56 Å². The maximum Gasteiger partial charge on any atom is 0.287 e. The van der Waals surface area contributed by atoms with Crippen molar-refractivity contribution in [3.05, 3.63) is 58.2 Å². The van der Waals surface area contributed by atoms with E-state index in [9.17, 15) is 14.0 Å². The lowest BCUT2D eigenvalue weighted by Gasteiger charge is -2.33. The number of ether oxygens (including phenoxy) is 1. The Morgan fingerprint density at radius 2 is 2.00 bits per heavy atom. The number of morpholine rings is 1. The average molecular weight is 411 g/mol. The first-order chi connectivity index (χ1) is 12.0. The van der Waals surface area contributed by atoms with E-state index in [1.807, 2.05) is 0 Å². The van der Waals surface area contributed by atoms with Crippen molar-refractivity contribution >= 4 is 27.7 Å². The van der Waals surface area contributed by atoms with Gasteiger partial charge >= 0.3 is 0 Å². The second kappa shape index (κ2) is 7.79. The molecule has 1 aliphatic rings. The molecule has 0 saturated carbocycles. The van der Waals surface area contributed by atoms with Crippen LogP contribution in [0.1, 0.15) is 22.2 Å². The molecule has 3 rings (SSSR count). The maximum absolute atomic E-state index is 13.0. The van der Waals surface area contributed by atoms with Crippen molar-refractivity contribution in [2.45, 2.75) is 6.10 Å². The van der Waals surface area contributed by atoms with Crippen molar-refractivity contribution in [2.75, 3.05) is 26.2 Å². The number of carbonyl (C=O) groups is 2. The molecule has 0 aliphatic carbocycles. The van der Waals surface area contributed by atoms with E-state index < -0.39 is 5.91 Å². The molecule has 1 N–H and O–H groups in total. The largest absolute Gasteiger partial charge is 0.444 e. The Bertz CT molecular complexity index is 762. The number of halogens is 2. The van der Waals surface area contributed by atoms with E-state index in [1.165, 1.54) is 18.2 Å². The van der Waals surface area contributed by atoms with Gasteiger partial charge in [0.2, 0.25) is 5.91 Å². The van der Waals surface area contributed by atoms with Gasteiger partial charge in [-0.1, -0.05) is 12.1 Å². The molecule has 2 heterocycles. The molecular formula is C17H16BrFN2O4. The molecule has 1 aliphatic heterocycles. The van der Waals surface area contributed by atoms with Gasteiger partial charge in [-0.25, -0.2) is 4.39 Å². The van der Waals surface area contributed by atoms with Crippen LogP contribution in [0.5, 0.6) is 0 Å². The van der Waals surface area contributed by atoms with Crippen LogP contribution in [-0.2, 0) is 9.53 Å². The summed E-state index contributed by atoms with van der Waals surface area (Å²) in [6.45, 7) is 1.05. The van der Waals surface area contributed by atoms with Crippen LogP contribution in [0.4, 0.5) is 4.39 Å². The number of benzene rings is 1. The van der Waals surface area contributed by atoms with Gasteiger partial charge in [0.15, 0.2) is 10.4 Å². The van der Waals surface area contributed by atoms with Crippen molar-refractivity contribution in [3.8, 4) is 0 Å². The Hall–Kier alpha value is -2.19. The molecular weight excluding hydrogens is 395 g/mol. The van der Waals surface area contributed by atoms with E-state index in [1.54, 1.807) is 23.1 Å². The van der Waals surface area contributed by atoms with Crippen molar-refractivity contribution in [1.82, 2.24) is 10.2 Å². The van der Waals surface area contributed by atoms with Gasteiger partial charge in [0.25, 0.3) is 5.91 Å². The normalized spacial score (nSPS) is 17.4. The molecule has 2 aromatic rings. The predicted octanol–water partition coefficient (Wildman–Crippen LogP) is 2.51. The summed E-state index contributed by atoms with van der Waals surface area (Å²) in [5, 5.41) is 2.54. The summed E-state index contributed by atoms with van der Waals surface area (Å²) in [5.41, 5.74) is 0.809. The van der Waals surface area contributed by atoms with Gasteiger partial charge in [-0.15, -0.1) is 0 Å². The number of nitrogens with zero attached hydrogens (tertiary/aromatic N) is 1. The topological polar surface area (TPSA) is 71.8 Å². The first-order valence-electron chi connectivity index (χ1n) is 7.71. The minimum absolute atomic E-state index is 0.130. The third kappa shape index (κ3) is 4.46. The van der Waals surface area contributed by atoms with Gasteiger partial charge in [-0.2, -0.15) is 0 Å². The van der Waals surface area contributed by atoms with Crippen LogP contribution in [0, 0.1) is 5.82 Å². The molecule has 1 unspecified atom stereocenters. The summed E-state index contributed by atoms with van der Waals surface area (Å²) in [5.74, 6) is -0.859. The second-order valence-corrected chi connectivity index (χ2v) is 6.32. The number of hydrogen-bond donors (Lipinski definition) is 1. The summed E-state index contributed by atoms with van der Waals surface area (Å²) in [7, 11) is 0. The lowest BCUT2D eigenvalue weighted by Crippen LogP contribution is -2.46. The number of rotatable bonds is 4. The number of amides is 2. The van der Waals surface area contributed by atoms with E-state index in [4.69, 9.17) is 9.15 Å². The second-order valence-electron chi connectivity index (χ2n) is 5.54. The molecule has 1 fully saturated rings. The van der Waals surface area contributed by atoms with Gasteiger partial charge in [0.05, 0.1) is 19.7 Å². The zero-order valence-electron chi connectivity index (χ0n) is 13.2. The summed E-state index contributed by atoms with van der Waals surface area (Å²) in [6, 6.07) is 9.13. The highest BCUT2D eigenvalue weighted by molar-refractivity contribution is 9.10. The van der Waals surface area contributed by atoms with Crippen molar-refractivity contribution < 1.29 is 23.1 Å². The molecule has 8 heteroatoms. The fourth-order valence-electron chi connectivity index (χ4n) is 2.55. The third-order valence-electron chi connectivity index (χ3n) is 3.86. The highest BCUT2D eigenvalue weighted by atomic mass is 79.9. The monoisotopic (exact) mass is 410 g/mol. The van der Waals surface area contributed by atoms with Gasteiger partial charge in [0, 0.05) is 6.54 Å². The molecule has 0 bridgehead atoms. The van der Waals surface area contributed by atoms with Gasteiger partial charge in [0.1, 0.15) is 11.9 Å². The molecule has 0 spiro atoms. The molecule has 132 valence electrons. The zero-order chi connectivity index (χ0) is 17.8. The van der Waals surface area contributed by atoms with Crippen molar-refractivity contribution in [2.24, 2.45) is 0 Å². The SMILES string of the molecule is O=C(NCC(=O)N1CCOC(c2ccc(F)cc2)C1)c1ccc(Br)o1. The van der Waals surface area contributed by atoms with Crippen LogP contribution >= 0.6 is 15.9 Å². The lowest BCUT2D eigenvalue weighted by molar-refractivity contribution is -0.137. The van der Waals surface area contributed by atoms with Crippen LogP contribution in [0.2, 0.25) is 0 Å². The van der Waals surface area contributed by atoms with E-state index in [-0.39, 0.29) is 30.1 Å². The molecule has 1 saturated heterocycles. The van der Waals surface area contributed by atoms with Crippen molar-refractivity contribution in [3.63, 3.8) is 0 Å². The molecule has 6 nitrogen and oxygen atoms in total. The van der Waals surface area contributed by atoms with Crippen LogP contribution in [-0.4, -0.2) is 43.0 Å². The van der Waals surface area contributed by atoms with E-state index >= 15 is 0 Å². The highest BCUT2D eigenvalue weighted by Gasteiger charge is 2.25. The average Bonchev–Trinajstić information content (AvgIpc) is 3.06. The fraction of sp³-hybridized carbons (Fsp3) is 0.294. The van der Waals surface area contributed by atoms with Gasteiger partial charge < -0.3 is 19.4 Å². The minimum atomic E-state index is -0.456. The summed E-state index contributed by atoms with van der Waals surface area (Å²) < 4.78 is 24.3. The summed E-state index contributed by atoms with van der Waals surface area (Å²) in [6.07, 6.45) is -0.310. The number of furan rings is 1. The van der Waals surface area contributed by atoms with E-state index in [0.29, 0.717) is 24.4 Å². The molecule has 1 aromatic carbocycles. The van der Waals surface area contributed by atoms with Crippen LogP contribution in [0.15, 0.2) is 45.5 Å². The minimum Gasteiger partial charge on any atom is -0.444 e. The molecule has 0 radical (unpaired) electrons. The van der Waals surface area contributed by atoms with E-state index in [2.05, 4.69) is 21.2 Å². The Kier molecular flexibility index (Phi) is 5.50. The predicted molar refractivity (Wildman–Crippen MR) is 90.4 cm³/mol. The highest BCUT2D eigenvalue weighted by Crippen LogP contribution is 2.22. The Balaban J connectivity index is 1.54. The molecule has 1 aromatic heterocycles. The van der Waals surface area contributed by atoms with Crippen LogP contribution < -0.4 is 5.32 Å². The standard InChI is InChI=1S/C17H16BrFN2O4/c18-15-6-5-13(25-15)17(23)20-9-16(22)21-7-8-24-14(10-21)11-1-3-12(19)4-2-11/h1-6,14H,7-10H2,(H,20,23). The summed E-state index contributed by atoms with van der Waals surface area (Å²) in [4.78, 5) is 25.9. The van der Waals surface area contributed by atoms with Gasteiger partial charge in [-0.05, 0) is 45.8 Å². The molecule has 2 amide bonds. The van der Waals surface area contributed by atoms with Gasteiger partial charge in [-0.3, -0.25) is 9.59 Å². The first-order valence-corrected chi connectivity index (χ1v) is 8.50. The van der Waals surface area contributed by atoms with Crippen molar-refractivity contribution in [1.29, 1.82) is 0 Å². The Morgan fingerprint density at radius 1 is 1.24 bits per heavy atom. The zero-order valence-corrected chi connectivity index (χ0v) is 14.8. The summed E-state index contributed by atoms with van der Waals surface area (Å²) >= 11 is 3.12.